The molecular weight excluding hydrogens is 300 g/mol. The lowest BCUT2D eigenvalue weighted by Crippen LogP contribution is -2.53. The molecule has 0 bridgehead atoms. The molecule has 1 saturated heterocycles. The van der Waals surface area contributed by atoms with Crippen molar-refractivity contribution in [2.24, 2.45) is 5.41 Å². The molecule has 1 aliphatic rings. The Labute approximate surface area is 129 Å². The molecule has 7 heteroatoms. The Kier molecular flexibility index (Phi) is 8.59. The van der Waals surface area contributed by atoms with Crippen LogP contribution in [0.1, 0.15) is 40.5 Å². The minimum Gasteiger partial charge on any atom is -0.378 e. The summed E-state index contributed by atoms with van der Waals surface area (Å²) in [6, 6.07) is 0.196. The van der Waals surface area contributed by atoms with E-state index in [0.29, 0.717) is 6.54 Å². The summed E-state index contributed by atoms with van der Waals surface area (Å²) in [7, 11) is -3.24. The third-order valence-corrected chi connectivity index (χ3v) is 4.95. The molecule has 20 heavy (non-hydrogen) atoms. The molecule has 0 aliphatic carbocycles. The largest absolute Gasteiger partial charge is 0.378 e. The molecule has 0 amide bonds. The molecule has 0 saturated carbocycles. The quantitative estimate of drug-likeness (QED) is 0.743. The highest BCUT2D eigenvalue weighted by Crippen LogP contribution is 2.29. The second-order valence-corrected chi connectivity index (χ2v) is 8.11. The minimum atomic E-state index is -3.24. The lowest BCUT2D eigenvalue weighted by Gasteiger charge is -2.39. The zero-order valence-corrected chi connectivity index (χ0v) is 14.6. The van der Waals surface area contributed by atoms with Gasteiger partial charge in [-0.05, 0) is 38.6 Å². The normalized spacial score (nSPS) is 22.6. The highest BCUT2D eigenvalue weighted by atomic mass is 35.5. The molecule has 1 atom stereocenters. The summed E-state index contributed by atoms with van der Waals surface area (Å²) < 4.78 is 31.7. The van der Waals surface area contributed by atoms with Crippen LogP contribution in [0.3, 0.4) is 0 Å². The Hall–Kier alpha value is 0.120. The van der Waals surface area contributed by atoms with Crippen molar-refractivity contribution in [3.63, 3.8) is 0 Å². The SMILES string of the molecule is CC(C)OCCS(=O)(=O)NCC1NCCCC1(C)C.Cl. The highest BCUT2D eigenvalue weighted by Gasteiger charge is 2.32. The number of hydrogen-bond donors (Lipinski definition) is 2. The Balaban J connectivity index is 0.00000361. The van der Waals surface area contributed by atoms with Gasteiger partial charge in [0.1, 0.15) is 0 Å². The van der Waals surface area contributed by atoms with Gasteiger partial charge in [-0.25, -0.2) is 13.1 Å². The zero-order valence-electron chi connectivity index (χ0n) is 12.9. The second kappa shape index (κ2) is 8.54. The molecule has 0 aromatic rings. The fraction of sp³-hybridized carbons (Fsp3) is 1.00. The first kappa shape index (κ1) is 20.1. The molecule has 0 aromatic carbocycles. The average Bonchev–Trinajstić information content (AvgIpc) is 2.26. The Morgan fingerprint density at radius 2 is 2.05 bits per heavy atom. The van der Waals surface area contributed by atoms with Gasteiger partial charge in [-0.3, -0.25) is 0 Å². The summed E-state index contributed by atoms with van der Waals surface area (Å²) in [5, 5.41) is 3.40. The third kappa shape index (κ3) is 7.22. The van der Waals surface area contributed by atoms with Crippen LogP contribution >= 0.6 is 12.4 Å². The molecule has 0 radical (unpaired) electrons. The molecular formula is C13H29ClN2O3S. The van der Waals surface area contributed by atoms with Gasteiger partial charge in [-0.15, -0.1) is 12.4 Å². The summed E-state index contributed by atoms with van der Waals surface area (Å²) in [5.74, 6) is 0.0261. The van der Waals surface area contributed by atoms with Crippen LogP contribution in [-0.2, 0) is 14.8 Å². The van der Waals surface area contributed by atoms with Gasteiger partial charge in [0.15, 0.2) is 0 Å². The van der Waals surface area contributed by atoms with E-state index in [1.54, 1.807) is 0 Å². The molecule has 1 unspecified atom stereocenters. The van der Waals surface area contributed by atoms with Crippen molar-refractivity contribution in [3.8, 4) is 0 Å². The number of nitrogens with one attached hydrogen (secondary N) is 2. The fourth-order valence-electron chi connectivity index (χ4n) is 2.30. The zero-order chi connectivity index (χ0) is 14.5. The molecule has 2 N–H and O–H groups in total. The summed E-state index contributed by atoms with van der Waals surface area (Å²) in [5.41, 5.74) is 0.134. The Bertz CT molecular complexity index is 372. The van der Waals surface area contributed by atoms with Crippen molar-refractivity contribution in [3.05, 3.63) is 0 Å². The van der Waals surface area contributed by atoms with E-state index < -0.39 is 10.0 Å². The van der Waals surface area contributed by atoms with Crippen LogP contribution in [-0.4, -0.2) is 46.0 Å². The van der Waals surface area contributed by atoms with E-state index >= 15 is 0 Å². The number of hydrogen-bond acceptors (Lipinski definition) is 4. The lowest BCUT2D eigenvalue weighted by molar-refractivity contribution is 0.0911. The number of piperidine rings is 1. The summed E-state index contributed by atoms with van der Waals surface area (Å²) in [6.45, 7) is 9.82. The first-order valence-electron chi connectivity index (χ1n) is 7.05. The van der Waals surface area contributed by atoms with Gasteiger partial charge in [0.25, 0.3) is 0 Å². The van der Waals surface area contributed by atoms with E-state index in [0.717, 1.165) is 19.4 Å². The van der Waals surface area contributed by atoms with Crippen molar-refractivity contribution in [1.82, 2.24) is 10.0 Å². The molecule has 122 valence electrons. The average molecular weight is 329 g/mol. The van der Waals surface area contributed by atoms with Crippen LogP contribution in [0.25, 0.3) is 0 Å². The van der Waals surface area contributed by atoms with E-state index in [9.17, 15) is 8.42 Å². The van der Waals surface area contributed by atoms with Crippen LogP contribution in [0.5, 0.6) is 0 Å². The van der Waals surface area contributed by atoms with Crippen LogP contribution < -0.4 is 10.0 Å². The van der Waals surface area contributed by atoms with Crippen molar-refractivity contribution < 1.29 is 13.2 Å². The number of halogens is 1. The van der Waals surface area contributed by atoms with Crippen LogP contribution in [0.4, 0.5) is 0 Å². The number of sulfonamides is 1. The Morgan fingerprint density at radius 3 is 2.60 bits per heavy atom. The minimum absolute atomic E-state index is 0. The monoisotopic (exact) mass is 328 g/mol. The van der Waals surface area contributed by atoms with Gasteiger partial charge in [-0.2, -0.15) is 0 Å². The highest BCUT2D eigenvalue weighted by molar-refractivity contribution is 7.89. The maximum Gasteiger partial charge on any atom is 0.213 e. The summed E-state index contributed by atoms with van der Waals surface area (Å²) >= 11 is 0. The topological polar surface area (TPSA) is 67.4 Å². The first-order chi connectivity index (χ1) is 8.73. The molecule has 1 heterocycles. The van der Waals surface area contributed by atoms with Crippen LogP contribution in [0.2, 0.25) is 0 Å². The smallest absolute Gasteiger partial charge is 0.213 e. The fourth-order valence-corrected chi connectivity index (χ4v) is 3.18. The second-order valence-electron chi connectivity index (χ2n) is 6.19. The van der Waals surface area contributed by atoms with Gasteiger partial charge in [-0.1, -0.05) is 13.8 Å². The van der Waals surface area contributed by atoms with Crippen molar-refractivity contribution in [2.45, 2.75) is 52.7 Å². The van der Waals surface area contributed by atoms with E-state index in [1.807, 2.05) is 13.8 Å². The standard InChI is InChI=1S/C13H28N2O3S.ClH/c1-11(2)18-8-9-19(16,17)15-10-12-13(3,4)6-5-7-14-12;/h11-12,14-15H,5-10H2,1-4H3;1H. The maximum atomic E-state index is 11.8. The molecule has 0 aromatic heterocycles. The van der Waals surface area contributed by atoms with Gasteiger partial charge >= 0.3 is 0 Å². The van der Waals surface area contributed by atoms with E-state index in [2.05, 4.69) is 23.9 Å². The molecule has 1 rings (SSSR count). The summed E-state index contributed by atoms with van der Waals surface area (Å²) in [4.78, 5) is 0. The van der Waals surface area contributed by atoms with Gasteiger partial charge in [0.05, 0.1) is 18.5 Å². The van der Waals surface area contributed by atoms with Gasteiger partial charge in [0.2, 0.25) is 10.0 Å². The molecule has 1 fully saturated rings. The number of ether oxygens (including phenoxy) is 1. The van der Waals surface area contributed by atoms with Crippen molar-refractivity contribution in [1.29, 1.82) is 0 Å². The molecule has 1 aliphatic heterocycles. The summed E-state index contributed by atoms with van der Waals surface area (Å²) in [6.07, 6.45) is 2.34. The Morgan fingerprint density at radius 1 is 1.40 bits per heavy atom. The third-order valence-electron chi connectivity index (χ3n) is 3.64. The van der Waals surface area contributed by atoms with E-state index in [1.165, 1.54) is 0 Å². The molecule has 0 spiro atoms. The first-order valence-corrected chi connectivity index (χ1v) is 8.70. The van der Waals surface area contributed by atoms with Crippen LogP contribution in [0.15, 0.2) is 0 Å². The van der Waals surface area contributed by atoms with Crippen molar-refractivity contribution >= 4 is 22.4 Å². The molecule has 5 nitrogen and oxygen atoms in total. The van der Waals surface area contributed by atoms with Crippen molar-refractivity contribution in [2.75, 3.05) is 25.4 Å². The van der Waals surface area contributed by atoms with E-state index in [-0.39, 0.29) is 42.3 Å². The van der Waals surface area contributed by atoms with Crippen LogP contribution in [0, 0.1) is 5.41 Å². The maximum absolute atomic E-state index is 11.8. The van der Waals surface area contributed by atoms with Gasteiger partial charge < -0.3 is 10.1 Å². The van der Waals surface area contributed by atoms with Gasteiger partial charge in [0, 0.05) is 12.6 Å². The predicted octanol–water partition coefficient (Wildman–Crippen LogP) is 1.53. The van der Waals surface area contributed by atoms with E-state index in [4.69, 9.17) is 4.74 Å². The number of rotatable bonds is 7. The lowest BCUT2D eigenvalue weighted by atomic mass is 9.78. The predicted molar refractivity (Wildman–Crippen MR) is 84.9 cm³/mol.